The Morgan fingerprint density at radius 2 is 1.72 bits per heavy atom. The van der Waals surface area contributed by atoms with Crippen molar-refractivity contribution < 1.29 is 0 Å². The van der Waals surface area contributed by atoms with E-state index in [0.29, 0.717) is 12.1 Å². The summed E-state index contributed by atoms with van der Waals surface area (Å²) in [4.78, 5) is 19.2. The monoisotopic (exact) mass is 408 g/mol. The molecule has 2 aliphatic carbocycles. The van der Waals surface area contributed by atoms with Gasteiger partial charge in [-0.2, -0.15) is 0 Å². The first-order valence-corrected chi connectivity index (χ1v) is 11.6. The van der Waals surface area contributed by atoms with Crippen molar-refractivity contribution in [1.82, 2.24) is 19.4 Å². The van der Waals surface area contributed by atoms with Gasteiger partial charge in [0.05, 0.1) is 0 Å². The summed E-state index contributed by atoms with van der Waals surface area (Å²) in [5, 5.41) is 1.11. The van der Waals surface area contributed by atoms with E-state index in [1.54, 1.807) is 11.8 Å². The number of hydrogen-bond donors (Lipinski definition) is 0. The number of hydrogen-bond acceptors (Lipinski definition) is 6. The molecule has 3 heterocycles. The zero-order valence-electron chi connectivity index (χ0n) is 17.8. The largest absolute Gasteiger partial charge is 0.363 e. The SMILES string of the molecule is CSc1nc2c(-c3cnc(N(C)C)cc3C)ncc(C)n2c1N(C1CC1)C1CC1. The molecule has 0 aliphatic heterocycles. The molecule has 3 aromatic heterocycles. The molecule has 6 nitrogen and oxygen atoms in total. The van der Waals surface area contributed by atoms with Gasteiger partial charge in [0.25, 0.3) is 0 Å². The van der Waals surface area contributed by atoms with Gasteiger partial charge in [-0.3, -0.25) is 9.38 Å². The Labute approximate surface area is 176 Å². The van der Waals surface area contributed by atoms with Crippen LogP contribution in [-0.4, -0.2) is 51.8 Å². The molecule has 0 amide bonds. The van der Waals surface area contributed by atoms with Crippen LogP contribution in [0.15, 0.2) is 23.5 Å². The molecule has 2 aliphatic rings. The predicted molar refractivity (Wildman–Crippen MR) is 120 cm³/mol. The van der Waals surface area contributed by atoms with E-state index in [1.807, 2.05) is 31.4 Å². The molecule has 5 rings (SSSR count). The number of rotatable bonds is 6. The number of pyridine rings is 1. The molecule has 2 fully saturated rings. The van der Waals surface area contributed by atoms with E-state index >= 15 is 0 Å². The second-order valence-corrected chi connectivity index (χ2v) is 9.27. The van der Waals surface area contributed by atoms with Crippen LogP contribution in [0.3, 0.4) is 0 Å². The Kier molecular flexibility index (Phi) is 4.46. The van der Waals surface area contributed by atoms with Crippen molar-refractivity contribution in [3.63, 3.8) is 0 Å². The second-order valence-electron chi connectivity index (χ2n) is 8.47. The molecule has 0 bridgehead atoms. The smallest absolute Gasteiger partial charge is 0.166 e. The summed E-state index contributed by atoms with van der Waals surface area (Å²) in [6, 6.07) is 3.46. The summed E-state index contributed by atoms with van der Waals surface area (Å²) in [7, 11) is 4.03. The summed E-state index contributed by atoms with van der Waals surface area (Å²) in [6.07, 6.45) is 11.2. The summed E-state index contributed by atoms with van der Waals surface area (Å²) in [6.45, 7) is 4.26. The second kappa shape index (κ2) is 6.90. The lowest BCUT2D eigenvalue weighted by Crippen LogP contribution is -2.30. The van der Waals surface area contributed by atoms with Crippen LogP contribution in [0, 0.1) is 13.8 Å². The summed E-state index contributed by atoms with van der Waals surface area (Å²) in [5.41, 5.74) is 5.21. The van der Waals surface area contributed by atoms with Gasteiger partial charge in [0, 0.05) is 49.8 Å². The minimum Gasteiger partial charge on any atom is -0.363 e. The minimum atomic E-state index is 0.673. The van der Waals surface area contributed by atoms with Crippen LogP contribution in [0.5, 0.6) is 0 Å². The maximum absolute atomic E-state index is 5.09. The van der Waals surface area contributed by atoms with Gasteiger partial charge in [-0.1, -0.05) is 0 Å². The Morgan fingerprint density at radius 1 is 1.03 bits per heavy atom. The maximum atomic E-state index is 5.09. The Bertz CT molecular complexity index is 1070. The number of fused-ring (bicyclic) bond motifs is 1. The third kappa shape index (κ3) is 3.16. The van der Waals surface area contributed by atoms with E-state index in [-0.39, 0.29) is 0 Å². The lowest BCUT2D eigenvalue weighted by molar-refractivity contribution is 0.753. The molecule has 2 saturated carbocycles. The quantitative estimate of drug-likeness (QED) is 0.566. The first-order chi connectivity index (χ1) is 14.0. The molecule has 0 N–H and O–H groups in total. The Hall–Kier alpha value is -2.28. The fourth-order valence-electron chi connectivity index (χ4n) is 4.09. The zero-order valence-corrected chi connectivity index (χ0v) is 18.6. The van der Waals surface area contributed by atoms with Crippen LogP contribution in [0.25, 0.3) is 16.9 Å². The number of thioether (sulfide) groups is 1. The molecule has 0 spiro atoms. The van der Waals surface area contributed by atoms with E-state index in [1.165, 1.54) is 37.1 Å². The van der Waals surface area contributed by atoms with Gasteiger partial charge in [0.15, 0.2) is 5.65 Å². The van der Waals surface area contributed by atoms with Crippen molar-refractivity contribution >= 4 is 29.0 Å². The van der Waals surface area contributed by atoms with Gasteiger partial charge in [-0.25, -0.2) is 9.97 Å². The molecule has 7 heteroatoms. The van der Waals surface area contributed by atoms with Crippen LogP contribution in [0.2, 0.25) is 0 Å². The summed E-state index contributed by atoms with van der Waals surface area (Å²) in [5.74, 6) is 2.23. The standard InChI is InChI=1S/C22H28N6S/c1-13-10-18(26(3)4)23-12-17(13)19-20-25-21(29-5)22(27(20)14(2)11-24-19)28(15-6-7-15)16-8-9-16/h10-12,15-16H,6-9H2,1-5H3. The minimum absolute atomic E-state index is 0.673. The van der Waals surface area contributed by atoms with Crippen molar-refractivity contribution in [3.05, 3.63) is 29.7 Å². The lowest BCUT2D eigenvalue weighted by atomic mass is 10.1. The molecule has 29 heavy (non-hydrogen) atoms. The molecule has 3 aromatic rings. The van der Waals surface area contributed by atoms with Crippen LogP contribution in [-0.2, 0) is 0 Å². The molecule has 0 aromatic carbocycles. The molecule has 0 saturated heterocycles. The Morgan fingerprint density at radius 3 is 2.28 bits per heavy atom. The predicted octanol–water partition coefficient (Wildman–Crippen LogP) is 4.33. The van der Waals surface area contributed by atoms with Crippen molar-refractivity contribution in [2.75, 3.05) is 30.2 Å². The highest BCUT2D eigenvalue weighted by Gasteiger charge is 2.42. The zero-order chi connectivity index (χ0) is 20.3. The van der Waals surface area contributed by atoms with Gasteiger partial charge in [-0.15, -0.1) is 11.8 Å². The van der Waals surface area contributed by atoms with Gasteiger partial charge in [0.1, 0.15) is 22.4 Å². The molecular formula is C22H28N6S. The topological polar surface area (TPSA) is 49.6 Å². The first kappa shape index (κ1) is 18.7. The van der Waals surface area contributed by atoms with E-state index in [9.17, 15) is 0 Å². The van der Waals surface area contributed by atoms with E-state index < -0.39 is 0 Å². The van der Waals surface area contributed by atoms with Crippen molar-refractivity contribution in [1.29, 1.82) is 0 Å². The average Bonchev–Trinajstić information content (AvgIpc) is 3.61. The third-order valence-corrected chi connectivity index (χ3v) is 6.56. The number of aromatic nitrogens is 4. The van der Waals surface area contributed by atoms with Gasteiger partial charge < -0.3 is 9.80 Å². The van der Waals surface area contributed by atoms with E-state index in [4.69, 9.17) is 9.97 Å². The average molecular weight is 409 g/mol. The first-order valence-electron chi connectivity index (χ1n) is 10.3. The highest BCUT2D eigenvalue weighted by atomic mass is 32.2. The van der Waals surface area contributed by atoms with Crippen LogP contribution in [0.4, 0.5) is 11.6 Å². The fraction of sp³-hybridized carbons (Fsp3) is 0.500. The lowest BCUT2D eigenvalue weighted by Gasteiger charge is -2.25. The number of nitrogens with zero attached hydrogens (tertiary/aromatic N) is 6. The number of imidazole rings is 1. The Balaban J connectivity index is 1.72. The number of aryl methyl sites for hydroxylation is 2. The van der Waals surface area contributed by atoms with E-state index in [2.05, 4.69) is 40.5 Å². The molecule has 0 atom stereocenters. The fourth-order valence-corrected chi connectivity index (χ4v) is 4.65. The van der Waals surface area contributed by atoms with Crippen molar-refractivity contribution in [2.45, 2.75) is 56.6 Å². The maximum Gasteiger partial charge on any atom is 0.166 e. The molecule has 0 radical (unpaired) electrons. The van der Waals surface area contributed by atoms with Crippen molar-refractivity contribution in [3.8, 4) is 11.3 Å². The van der Waals surface area contributed by atoms with Crippen LogP contribution >= 0.6 is 11.8 Å². The van der Waals surface area contributed by atoms with E-state index in [0.717, 1.165) is 33.4 Å². The third-order valence-electron chi connectivity index (χ3n) is 5.90. The molecule has 0 unspecified atom stereocenters. The molecular weight excluding hydrogens is 380 g/mol. The highest BCUT2D eigenvalue weighted by Crippen LogP contribution is 2.45. The number of anilines is 2. The van der Waals surface area contributed by atoms with Crippen molar-refractivity contribution in [2.24, 2.45) is 0 Å². The van der Waals surface area contributed by atoms with Crippen LogP contribution < -0.4 is 9.80 Å². The van der Waals surface area contributed by atoms with Gasteiger partial charge >= 0.3 is 0 Å². The normalized spacial score (nSPS) is 16.4. The van der Waals surface area contributed by atoms with Crippen LogP contribution in [0.1, 0.15) is 36.9 Å². The summed E-state index contributed by atoms with van der Waals surface area (Å²) >= 11 is 1.74. The summed E-state index contributed by atoms with van der Waals surface area (Å²) < 4.78 is 2.34. The highest BCUT2D eigenvalue weighted by molar-refractivity contribution is 7.98. The van der Waals surface area contributed by atoms with Gasteiger partial charge in [0.2, 0.25) is 0 Å². The molecule has 152 valence electrons. The van der Waals surface area contributed by atoms with Gasteiger partial charge in [-0.05, 0) is 57.4 Å².